The SMILES string of the molecule is Cc1ccc(S(=O)(=O)NC(C#N)=C[P+](c2ccccc2)(c2ccccc2)c2ccccc2)cc1. The summed E-state index contributed by atoms with van der Waals surface area (Å²) in [4.78, 5) is 0.113. The molecule has 4 aromatic carbocycles. The van der Waals surface area contributed by atoms with Crippen molar-refractivity contribution < 1.29 is 8.42 Å². The second-order valence-corrected chi connectivity index (χ2v) is 12.7. The van der Waals surface area contributed by atoms with Gasteiger partial charge in [0, 0.05) is 0 Å². The Hall–Kier alpha value is -3.71. The van der Waals surface area contributed by atoms with Crippen LogP contribution in [-0.2, 0) is 10.0 Å². The van der Waals surface area contributed by atoms with E-state index in [0.29, 0.717) is 0 Å². The van der Waals surface area contributed by atoms with Crippen molar-refractivity contribution in [3.63, 3.8) is 0 Å². The summed E-state index contributed by atoms with van der Waals surface area (Å²) in [6.45, 7) is 1.89. The summed E-state index contributed by atoms with van der Waals surface area (Å²) in [5.41, 5.74) is 0.947. The zero-order valence-corrected chi connectivity index (χ0v) is 20.4. The first-order valence-electron chi connectivity index (χ1n) is 10.7. The first-order chi connectivity index (χ1) is 16.5. The van der Waals surface area contributed by atoms with Crippen molar-refractivity contribution in [2.24, 2.45) is 0 Å². The Balaban J connectivity index is 1.94. The molecule has 0 saturated heterocycles. The van der Waals surface area contributed by atoms with Crippen LogP contribution in [0.4, 0.5) is 0 Å². The summed E-state index contributed by atoms with van der Waals surface area (Å²) in [5, 5.41) is 13.1. The lowest BCUT2D eigenvalue weighted by molar-refractivity contribution is 0.589. The molecule has 6 heteroatoms. The molecule has 4 rings (SSSR count). The molecule has 0 aromatic heterocycles. The molecule has 0 amide bonds. The van der Waals surface area contributed by atoms with Gasteiger partial charge in [0.2, 0.25) is 0 Å². The molecular formula is C28H24N2O2PS+. The Morgan fingerprint density at radius 3 is 1.53 bits per heavy atom. The topological polar surface area (TPSA) is 70.0 Å². The van der Waals surface area contributed by atoms with Crippen molar-refractivity contribution in [3.8, 4) is 6.07 Å². The Labute approximate surface area is 201 Å². The van der Waals surface area contributed by atoms with E-state index in [2.05, 4.69) is 10.8 Å². The number of nitrogens with one attached hydrogen (secondary N) is 1. The Morgan fingerprint density at radius 1 is 0.735 bits per heavy atom. The monoisotopic (exact) mass is 483 g/mol. The van der Waals surface area contributed by atoms with Gasteiger partial charge < -0.3 is 0 Å². The van der Waals surface area contributed by atoms with E-state index in [0.717, 1.165) is 21.5 Å². The largest absolute Gasteiger partial charge is 0.267 e. The number of sulfonamides is 1. The van der Waals surface area contributed by atoms with Gasteiger partial charge in [-0.15, -0.1) is 0 Å². The smallest absolute Gasteiger partial charge is 0.262 e. The molecule has 0 saturated carbocycles. The number of nitrogens with zero attached hydrogens (tertiary/aromatic N) is 1. The summed E-state index contributed by atoms with van der Waals surface area (Å²) in [5.74, 6) is 1.82. The molecule has 0 aliphatic heterocycles. The van der Waals surface area contributed by atoms with E-state index in [4.69, 9.17) is 0 Å². The van der Waals surface area contributed by atoms with E-state index in [9.17, 15) is 13.7 Å². The van der Waals surface area contributed by atoms with Gasteiger partial charge in [0.1, 0.15) is 35.1 Å². The summed E-state index contributed by atoms with van der Waals surface area (Å²) in [6.07, 6.45) is 0. The molecule has 34 heavy (non-hydrogen) atoms. The molecule has 0 bridgehead atoms. The van der Waals surface area contributed by atoms with Crippen molar-refractivity contribution in [2.75, 3.05) is 0 Å². The van der Waals surface area contributed by atoms with Gasteiger partial charge in [-0.25, -0.2) is 8.42 Å². The fourth-order valence-corrected chi connectivity index (χ4v) is 8.73. The van der Waals surface area contributed by atoms with Crippen molar-refractivity contribution in [3.05, 3.63) is 132 Å². The summed E-state index contributed by atoms with van der Waals surface area (Å²) in [6, 6.07) is 38.5. The Bertz CT molecular complexity index is 1330. The zero-order chi connectivity index (χ0) is 24.0. The second-order valence-electron chi connectivity index (χ2n) is 7.80. The van der Waals surface area contributed by atoms with Crippen LogP contribution in [0.3, 0.4) is 0 Å². The van der Waals surface area contributed by atoms with Gasteiger partial charge in [0.15, 0.2) is 5.70 Å². The van der Waals surface area contributed by atoms with Gasteiger partial charge in [-0.2, -0.15) is 5.26 Å². The average molecular weight is 484 g/mol. The van der Waals surface area contributed by atoms with Gasteiger partial charge in [-0.05, 0) is 55.5 Å². The molecule has 0 fully saturated rings. The average Bonchev–Trinajstić information content (AvgIpc) is 2.88. The van der Waals surface area contributed by atoms with Crippen LogP contribution in [0, 0.1) is 18.3 Å². The standard InChI is InChI=1S/C28H24N2O2PS/c1-23-17-19-28(20-18-23)34(31,32)30-24(21-29)22-33(25-11-5-2-6-12-25,26-13-7-3-8-14-26)27-15-9-4-10-16-27/h2-20,22,30H,1H3/q+1. The maximum absolute atomic E-state index is 13.1. The number of hydrogen-bond acceptors (Lipinski definition) is 3. The van der Waals surface area contributed by atoms with Crippen LogP contribution in [0.25, 0.3) is 0 Å². The zero-order valence-electron chi connectivity index (χ0n) is 18.7. The van der Waals surface area contributed by atoms with Crippen LogP contribution < -0.4 is 20.6 Å². The lowest BCUT2D eigenvalue weighted by atomic mass is 10.2. The normalized spacial score (nSPS) is 12.1. The van der Waals surface area contributed by atoms with Crippen LogP contribution in [0.1, 0.15) is 5.56 Å². The summed E-state index contributed by atoms with van der Waals surface area (Å²) < 4.78 is 28.8. The molecule has 0 atom stereocenters. The molecule has 0 radical (unpaired) electrons. The number of nitriles is 1. The molecule has 0 aliphatic carbocycles. The minimum atomic E-state index is -3.93. The van der Waals surface area contributed by atoms with Crippen LogP contribution in [0.2, 0.25) is 0 Å². The number of rotatable bonds is 7. The van der Waals surface area contributed by atoms with Crippen molar-refractivity contribution in [2.45, 2.75) is 11.8 Å². The number of allylic oxidation sites excluding steroid dienone is 1. The van der Waals surface area contributed by atoms with E-state index in [1.165, 1.54) is 0 Å². The number of aryl methyl sites for hydroxylation is 1. The van der Waals surface area contributed by atoms with Crippen LogP contribution in [0.15, 0.2) is 132 Å². The molecule has 168 valence electrons. The van der Waals surface area contributed by atoms with Crippen LogP contribution >= 0.6 is 7.26 Å². The van der Waals surface area contributed by atoms with E-state index in [-0.39, 0.29) is 10.6 Å². The van der Waals surface area contributed by atoms with Crippen molar-refractivity contribution in [1.29, 1.82) is 5.26 Å². The third kappa shape index (κ3) is 4.79. The highest BCUT2D eigenvalue weighted by atomic mass is 32.2. The molecule has 0 aliphatic rings. The maximum Gasteiger partial charge on any atom is 0.262 e. The van der Waals surface area contributed by atoms with E-state index in [1.54, 1.807) is 24.3 Å². The summed E-state index contributed by atoms with van der Waals surface area (Å²) in [7, 11) is -6.45. The second kappa shape index (κ2) is 10.1. The van der Waals surface area contributed by atoms with Gasteiger partial charge in [0.05, 0.1) is 4.90 Å². The molecule has 0 unspecified atom stereocenters. The fraction of sp³-hybridized carbons (Fsp3) is 0.0357. The highest BCUT2D eigenvalue weighted by molar-refractivity contribution is 7.98. The molecule has 4 aromatic rings. The minimum absolute atomic E-state index is 0.00883. The third-order valence-corrected chi connectivity index (χ3v) is 10.9. The highest BCUT2D eigenvalue weighted by Gasteiger charge is 2.44. The van der Waals surface area contributed by atoms with Crippen molar-refractivity contribution >= 4 is 33.2 Å². The predicted molar refractivity (Wildman–Crippen MR) is 140 cm³/mol. The van der Waals surface area contributed by atoms with Crippen molar-refractivity contribution in [1.82, 2.24) is 4.72 Å². The van der Waals surface area contributed by atoms with Gasteiger partial charge in [-0.1, -0.05) is 72.3 Å². The maximum atomic E-state index is 13.1. The van der Waals surface area contributed by atoms with E-state index in [1.807, 2.05) is 104 Å². The molecular weight excluding hydrogens is 459 g/mol. The quantitative estimate of drug-likeness (QED) is 0.308. The first-order valence-corrected chi connectivity index (χ1v) is 14.1. The first kappa shape index (κ1) is 23.4. The Kier molecular flexibility index (Phi) is 6.93. The number of hydrogen-bond donors (Lipinski definition) is 1. The highest BCUT2D eigenvalue weighted by Crippen LogP contribution is 2.57. The molecule has 1 N–H and O–H groups in total. The lowest BCUT2D eigenvalue weighted by Crippen LogP contribution is -2.31. The van der Waals surface area contributed by atoms with Gasteiger partial charge >= 0.3 is 0 Å². The van der Waals surface area contributed by atoms with Gasteiger partial charge in [-0.3, -0.25) is 4.72 Å². The van der Waals surface area contributed by atoms with E-state index < -0.39 is 17.3 Å². The lowest BCUT2D eigenvalue weighted by Gasteiger charge is -2.24. The molecule has 0 heterocycles. The van der Waals surface area contributed by atoms with Gasteiger partial charge in [0.25, 0.3) is 10.0 Å². The number of benzene rings is 4. The minimum Gasteiger partial charge on any atom is -0.267 e. The Morgan fingerprint density at radius 2 is 1.15 bits per heavy atom. The molecule has 4 nitrogen and oxygen atoms in total. The fourth-order valence-electron chi connectivity index (χ4n) is 3.85. The third-order valence-electron chi connectivity index (χ3n) is 5.51. The van der Waals surface area contributed by atoms with Crippen LogP contribution in [-0.4, -0.2) is 8.42 Å². The molecule has 0 spiro atoms. The van der Waals surface area contributed by atoms with E-state index >= 15 is 0 Å². The van der Waals surface area contributed by atoms with Crippen LogP contribution in [0.5, 0.6) is 0 Å². The predicted octanol–water partition coefficient (Wildman–Crippen LogP) is 4.63. The summed E-state index contributed by atoms with van der Waals surface area (Å²) >= 11 is 0.